The maximum Gasteiger partial charge on any atom is 0.191 e. The summed E-state index contributed by atoms with van der Waals surface area (Å²) in [5.74, 6) is 0.893. The zero-order valence-corrected chi connectivity index (χ0v) is 15.9. The van der Waals surface area contributed by atoms with Gasteiger partial charge >= 0.3 is 0 Å². The molecular formula is C17H26IN5. The normalized spacial score (nSPS) is 10.9. The van der Waals surface area contributed by atoms with Crippen molar-refractivity contribution in [2.75, 3.05) is 19.6 Å². The highest BCUT2D eigenvalue weighted by atomic mass is 127. The van der Waals surface area contributed by atoms with Gasteiger partial charge in [0.2, 0.25) is 0 Å². The summed E-state index contributed by atoms with van der Waals surface area (Å²) in [5, 5.41) is 6.66. The van der Waals surface area contributed by atoms with Crippen LogP contribution in [0.15, 0.2) is 54.0 Å². The van der Waals surface area contributed by atoms with Gasteiger partial charge in [-0.1, -0.05) is 30.3 Å². The van der Waals surface area contributed by atoms with Crippen molar-refractivity contribution in [3.63, 3.8) is 0 Å². The largest absolute Gasteiger partial charge is 0.357 e. The number of rotatable bonds is 8. The average Bonchev–Trinajstić information content (AvgIpc) is 3.06. The van der Waals surface area contributed by atoms with E-state index in [0.29, 0.717) is 0 Å². The summed E-state index contributed by atoms with van der Waals surface area (Å²) >= 11 is 0. The van der Waals surface area contributed by atoms with Crippen LogP contribution >= 0.6 is 24.0 Å². The first-order chi connectivity index (χ1) is 10.9. The molecule has 0 aliphatic heterocycles. The molecular weight excluding hydrogens is 401 g/mol. The molecule has 2 N–H and O–H groups in total. The highest BCUT2D eigenvalue weighted by molar-refractivity contribution is 14.0. The minimum absolute atomic E-state index is 0. The van der Waals surface area contributed by atoms with Crippen LogP contribution in [0.25, 0.3) is 0 Å². The molecule has 2 aromatic rings. The topological polar surface area (TPSA) is 54.2 Å². The lowest BCUT2D eigenvalue weighted by Crippen LogP contribution is -2.38. The molecule has 1 aromatic carbocycles. The van der Waals surface area contributed by atoms with E-state index in [1.54, 1.807) is 6.20 Å². The van der Waals surface area contributed by atoms with Crippen LogP contribution in [0.4, 0.5) is 0 Å². The Bertz CT molecular complexity index is 539. The number of halogens is 1. The van der Waals surface area contributed by atoms with E-state index < -0.39 is 0 Å². The van der Waals surface area contributed by atoms with Crippen LogP contribution in [0.1, 0.15) is 18.9 Å². The molecule has 0 unspecified atom stereocenters. The molecule has 0 aliphatic carbocycles. The van der Waals surface area contributed by atoms with Crippen LogP contribution in [-0.4, -0.2) is 35.1 Å². The number of aromatic nitrogens is 2. The van der Waals surface area contributed by atoms with Crippen LogP contribution in [0.3, 0.4) is 0 Å². The third-order valence-electron chi connectivity index (χ3n) is 3.30. The second-order valence-corrected chi connectivity index (χ2v) is 5.08. The van der Waals surface area contributed by atoms with Gasteiger partial charge in [-0.25, -0.2) is 4.98 Å². The van der Waals surface area contributed by atoms with E-state index >= 15 is 0 Å². The molecule has 0 aliphatic rings. The fraction of sp³-hybridized carbons (Fsp3) is 0.412. The Morgan fingerprint density at radius 3 is 2.74 bits per heavy atom. The van der Waals surface area contributed by atoms with Crippen LogP contribution in [0.2, 0.25) is 0 Å². The molecule has 0 amide bonds. The van der Waals surface area contributed by atoms with E-state index in [1.165, 1.54) is 5.56 Å². The molecule has 0 saturated heterocycles. The van der Waals surface area contributed by atoms with Gasteiger partial charge in [-0.2, -0.15) is 0 Å². The van der Waals surface area contributed by atoms with Gasteiger partial charge < -0.3 is 15.2 Å². The lowest BCUT2D eigenvalue weighted by atomic mass is 10.1. The Balaban J connectivity index is 0.00000264. The van der Waals surface area contributed by atoms with Crippen molar-refractivity contribution < 1.29 is 0 Å². The molecule has 23 heavy (non-hydrogen) atoms. The Kier molecular flexibility index (Phi) is 10.1. The van der Waals surface area contributed by atoms with Crippen molar-refractivity contribution in [2.45, 2.75) is 26.3 Å². The van der Waals surface area contributed by atoms with Crippen molar-refractivity contribution in [3.8, 4) is 0 Å². The van der Waals surface area contributed by atoms with Gasteiger partial charge in [0.25, 0.3) is 0 Å². The number of aryl methyl sites for hydroxylation is 1. The van der Waals surface area contributed by atoms with Crippen LogP contribution in [0, 0.1) is 0 Å². The summed E-state index contributed by atoms with van der Waals surface area (Å²) in [6.45, 7) is 5.60. The SMILES string of the molecule is CCNC(=NCCCn1ccnc1)NCCc1ccccc1.I. The van der Waals surface area contributed by atoms with E-state index in [0.717, 1.165) is 45.0 Å². The monoisotopic (exact) mass is 427 g/mol. The Labute approximate surface area is 155 Å². The summed E-state index contributed by atoms with van der Waals surface area (Å²) < 4.78 is 2.07. The molecule has 6 heteroatoms. The van der Waals surface area contributed by atoms with Crippen molar-refractivity contribution in [2.24, 2.45) is 4.99 Å². The van der Waals surface area contributed by atoms with E-state index in [9.17, 15) is 0 Å². The predicted molar refractivity (Wildman–Crippen MR) is 106 cm³/mol. The van der Waals surface area contributed by atoms with Gasteiger partial charge in [0, 0.05) is 38.6 Å². The quantitative estimate of drug-likeness (QED) is 0.295. The predicted octanol–water partition coefficient (Wildman–Crippen LogP) is 2.69. The highest BCUT2D eigenvalue weighted by Crippen LogP contribution is 1.98. The van der Waals surface area contributed by atoms with Gasteiger partial charge in [-0.3, -0.25) is 4.99 Å². The summed E-state index contributed by atoms with van der Waals surface area (Å²) in [6.07, 6.45) is 7.63. The molecule has 1 aromatic heterocycles. The summed E-state index contributed by atoms with van der Waals surface area (Å²) in [4.78, 5) is 8.64. The van der Waals surface area contributed by atoms with Gasteiger partial charge in [0.15, 0.2) is 5.96 Å². The summed E-state index contributed by atoms with van der Waals surface area (Å²) in [7, 11) is 0. The molecule has 0 saturated carbocycles. The zero-order valence-electron chi connectivity index (χ0n) is 13.6. The van der Waals surface area contributed by atoms with Crippen molar-refractivity contribution in [3.05, 3.63) is 54.6 Å². The molecule has 5 nitrogen and oxygen atoms in total. The van der Waals surface area contributed by atoms with Crippen LogP contribution in [-0.2, 0) is 13.0 Å². The maximum absolute atomic E-state index is 4.60. The number of nitrogens with one attached hydrogen (secondary N) is 2. The van der Waals surface area contributed by atoms with Gasteiger partial charge in [-0.05, 0) is 25.3 Å². The molecule has 0 radical (unpaired) electrons. The number of aliphatic imine (C=N–C) groups is 1. The number of hydrogen-bond acceptors (Lipinski definition) is 2. The van der Waals surface area contributed by atoms with E-state index in [2.05, 4.69) is 56.4 Å². The lowest BCUT2D eigenvalue weighted by molar-refractivity contribution is 0.647. The first-order valence-corrected chi connectivity index (χ1v) is 7.90. The fourth-order valence-corrected chi connectivity index (χ4v) is 2.17. The molecule has 1 heterocycles. The first-order valence-electron chi connectivity index (χ1n) is 7.90. The van der Waals surface area contributed by atoms with Crippen molar-refractivity contribution in [1.29, 1.82) is 0 Å². The summed E-state index contributed by atoms with van der Waals surface area (Å²) in [5.41, 5.74) is 1.34. The van der Waals surface area contributed by atoms with Crippen molar-refractivity contribution in [1.82, 2.24) is 20.2 Å². The highest BCUT2D eigenvalue weighted by Gasteiger charge is 1.97. The molecule has 126 valence electrons. The third-order valence-corrected chi connectivity index (χ3v) is 3.30. The van der Waals surface area contributed by atoms with Gasteiger partial charge in [-0.15, -0.1) is 24.0 Å². The number of imidazole rings is 1. The van der Waals surface area contributed by atoms with Gasteiger partial charge in [0.1, 0.15) is 0 Å². The number of benzene rings is 1. The molecule has 0 spiro atoms. The molecule has 0 atom stereocenters. The number of nitrogens with zero attached hydrogens (tertiary/aromatic N) is 3. The number of hydrogen-bond donors (Lipinski definition) is 2. The maximum atomic E-state index is 4.60. The van der Waals surface area contributed by atoms with Crippen LogP contribution in [0.5, 0.6) is 0 Å². The number of guanidine groups is 1. The zero-order chi connectivity index (χ0) is 15.5. The fourth-order valence-electron chi connectivity index (χ4n) is 2.17. The summed E-state index contributed by atoms with van der Waals surface area (Å²) in [6, 6.07) is 10.5. The van der Waals surface area contributed by atoms with Gasteiger partial charge in [0.05, 0.1) is 6.33 Å². The Hall–Kier alpha value is -1.57. The minimum atomic E-state index is 0. The van der Waals surface area contributed by atoms with E-state index in [1.807, 2.05) is 18.6 Å². The second kappa shape index (κ2) is 11.9. The average molecular weight is 427 g/mol. The first kappa shape index (κ1) is 19.5. The van der Waals surface area contributed by atoms with E-state index in [-0.39, 0.29) is 24.0 Å². The molecule has 0 bridgehead atoms. The second-order valence-electron chi connectivity index (χ2n) is 5.08. The van der Waals surface area contributed by atoms with Crippen LogP contribution < -0.4 is 10.6 Å². The lowest BCUT2D eigenvalue weighted by Gasteiger charge is -2.11. The van der Waals surface area contributed by atoms with Crippen molar-refractivity contribution >= 4 is 29.9 Å². The smallest absolute Gasteiger partial charge is 0.191 e. The molecule has 2 rings (SSSR count). The minimum Gasteiger partial charge on any atom is -0.357 e. The van der Waals surface area contributed by atoms with E-state index in [4.69, 9.17) is 0 Å². The standard InChI is InChI=1S/C17H25N5.HI/c1-2-19-17(20-10-6-13-22-14-12-18-15-22)21-11-9-16-7-4-3-5-8-16;/h3-5,7-8,12,14-15H,2,6,9-11,13H2,1H3,(H2,19,20,21);1H. The molecule has 0 fully saturated rings. The Morgan fingerprint density at radius 1 is 1.22 bits per heavy atom. The Morgan fingerprint density at radius 2 is 2.04 bits per heavy atom. The third kappa shape index (κ3) is 8.01.